The third-order valence-electron chi connectivity index (χ3n) is 2.80. The first kappa shape index (κ1) is 12.5. The third-order valence-corrected chi connectivity index (χ3v) is 3.10. The fourth-order valence-corrected chi connectivity index (χ4v) is 1.80. The van der Waals surface area contributed by atoms with Gasteiger partial charge in [-0.1, -0.05) is 23.6 Å². The first-order valence-electron chi connectivity index (χ1n) is 5.61. The molecule has 0 fully saturated rings. The minimum atomic E-state index is 0.517. The molecule has 0 bridgehead atoms. The molecule has 2 heteroatoms. The zero-order valence-electron chi connectivity index (χ0n) is 10.3. The number of benzene rings is 2. The molecule has 90 valence electrons. The molecule has 0 unspecified atom stereocenters. The SMILES string of the molecule is C#Cc1ccc(Oc2ccc(C)c(C)c2)c(Cl)c1. The molecule has 0 aliphatic carbocycles. The lowest BCUT2D eigenvalue weighted by Gasteiger charge is -2.09. The Morgan fingerprint density at radius 1 is 1.06 bits per heavy atom. The van der Waals surface area contributed by atoms with E-state index in [-0.39, 0.29) is 0 Å². The lowest BCUT2D eigenvalue weighted by molar-refractivity contribution is 0.482. The van der Waals surface area contributed by atoms with E-state index < -0.39 is 0 Å². The Hall–Kier alpha value is -1.91. The fraction of sp³-hybridized carbons (Fsp3) is 0.125. The maximum Gasteiger partial charge on any atom is 0.146 e. The van der Waals surface area contributed by atoms with Crippen LogP contribution in [0.25, 0.3) is 0 Å². The quantitative estimate of drug-likeness (QED) is 0.706. The summed E-state index contributed by atoms with van der Waals surface area (Å²) in [7, 11) is 0. The topological polar surface area (TPSA) is 9.23 Å². The Balaban J connectivity index is 2.29. The predicted molar refractivity (Wildman–Crippen MR) is 75.4 cm³/mol. The molecule has 2 aromatic carbocycles. The van der Waals surface area contributed by atoms with Crippen molar-refractivity contribution in [3.05, 3.63) is 58.1 Å². The minimum absolute atomic E-state index is 0.517. The molecule has 0 saturated carbocycles. The van der Waals surface area contributed by atoms with E-state index in [9.17, 15) is 0 Å². The summed E-state index contributed by atoms with van der Waals surface area (Å²) in [5, 5.41) is 0.517. The van der Waals surface area contributed by atoms with E-state index in [2.05, 4.69) is 12.8 Å². The number of rotatable bonds is 2. The van der Waals surface area contributed by atoms with Crippen LogP contribution in [0.1, 0.15) is 16.7 Å². The summed E-state index contributed by atoms with van der Waals surface area (Å²) < 4.78 is 5.74. The van der Waals surface area contributed by atoms with E-state index in [1.165, 1.54) is 11.1 Å². The second-order valence-electron chi connectivity index (χ2n) is 4.14. The number of terminal acetylenes is 1. The molecule has 0 saturated heterocycles. The van der Waals surface area contributed by atoms with Crippen LogP contribution in [-0.4, -0.2) is 0 Å². The lowest BCUT2D eigenvalue weighted by atomic mass is 10.1. The van der Waals surface area contributed by atoms with Crippen molar-refractivity contribution in [3.63, 3.8) is 0 Å². The first-order chi connectivity index (χ1) is 8.60. The van der Waals surface area contributed by atoms with Crippen LogP contribution < -0.4 is 4.74 Å². The molecule has 0 heterocycles. The van der Waals surface area contributed by atoms with E-state index in [1.807, 2.05) is 31.2 Å². The third kappa shape index (κ3) is 2.67. The van der Waals surface area contributed by atoms with Crippen LogP contribution >= 0.6 is 11.6 Å². The van der Waals surface area contributed by atoms with Gasteiger partial charge in [0, 0.05) is 5.56 Å². The summed E-state index contributed by atoms with van der Waals surface area (Å²) in [4.78, 5) is 0. The largest absolute Gasteiger partial charge is 0.456 e. The number of hydrogen-bond acceptors (Lipinski definition) is 1. The first-order valence-corrected chi connectivity index (χ1v) is 5.99. The van der Waals surface area contributed by atoms with Crippen molar-refractivity contribution >= 4 is 11.6 Å². The summed E-state index contributed by atoms with van der Waals surface area (Å²) in [6.45, 7) is 4.11. The Bertz CT molecular complexity index is 623. The summed E-state index contributed by atoms with van der Waals surface area (Å²) in [5.74, 6) is 3.92. The summed E-state index contributed by atoms with van der Waals surface area (Å²) >= 11 is 6.11. The molecule has 0 radical (unpaired) electrons. The standard InChI is InChI=1S/C16H13ClO/c1-4-13-6-8-16(15(17)10-13)18-14-7-5-11(2)12(3)9-14/h1,5-10H,2-3H3. The molecule has 0 spiro atoms. The summed E-state index contributed by atoms with van der Waals surface area (Å²) in [5.41, 5.74) is 3.16. The minimum Gasteiger partial charge on any atom is -0.456 e. The van der Waals surface area contributed by atoms with Crippen LogP contribution in [0.4, 0.5) is 0 Å². The second kappa shape index (κ2) is 5.16. The predicted octanol–water partition coefficient (Wildman–Crippen LogP) is 4.73. The van der Waals surface area contributed by atoms with Crippen molar-refractivity contribution in [2.24, 2.45) is 0 Å². The van der Waals surface area contributed by atoms with E-state index in [1.54, 1.807) is 12.1 Å². The van der Waals surface area contributed by atoms with E-state index >= 15 is 0 Å². The van der Waals surface area contributed by atoms with Crippen LogP contribution in [0.2, 0.25) is 5.02 Å². The van der Waals surface area contributed by atoms with E-state index in [4.69, 9.17) is 22.8 Å². The Kier molecular flexibility index (Phi) is 3.60. The molecule has 2 aromatic rings. The van der Waals surface area contributed by atoms with Crippen molar-refractivity contribution in [2.45, 2.75) is 13.8 Å². The van der Waals surface area contributed by atoms with Gasteiger partial charge >= 0.3 is 0 Å². The average molecular weight is 257 g/mol. The van der Waals surface area contributed by atoms with Gasteiger partial charge in [-0.15, -0.1) is 6.42 Å². The van der Waals surface area contributed by atoms with Crippen LogP contribution in [0.3, 0.4) is 0 Å². The molecular weight excluding hydrogens is 244 g/mol. The number of halogens is 1. The highest BCUT2D eigenvalue weighted by atomic mass is 35.5. The van der Waals surface area contributed by atoms with Gasteiger partial charge in [-0.25, -0.2) is 0 Å². The lowest BCUT2D eigenvalue weighted by Crippen LogP contribution is -1.88. The molecular formula is C16H13ClO. The van der Waals surface area contributed by atoms with Crippen molar-refractivity contribution in [3.8, 4) is 23.8 Å². The maximum atomic E-state index is 6.11. The highest BCUT2D eigenvalue weighted by Gasteiger charge is 2.04. The van der Waals surface area contributed by atoms with Gasteiger partial charge in [0.05, 0.1) is 5.02 Å². The average Bonchev–Trinajstić information content (AvgIpc) is 2.36. The zero-order chi connectivity index (χ0) is 13.1. The molecule has 0 aromatic heterocycles. The van der Waals surface area contributed by atoms with Gasteiger partial charge in [0.1, 0.15) is 11.5 Å². The molecule has 0 aliphatic rings. The molecule has 0 atom stereocenters. The van der Waals surface area contributed by atoms with Crippen molar-refractivity contribution < 1.29 is 4.74 Å². The zero-order valence-corrected chi connectivity index (χ0v) is 11.1. The summed E-state index contributed by atoms with van der Waals surface area (Å²) in [6.07, 6.45) is 5.31. The van der Waals surface area contributed by atoms with Crippen LogP contribution in [-0.2, 0) is 0 Å². The van der Waals surface area contributed by atoms with E-state index in [0.717, 1.165) is 11.3 Å². The Labute approximate surface area is 112 Å². The highest BCUT2D eigenvalue weighted by molar-refractivity contribution is 6.32. The van der Waals surface area contributed by atoms with Crippen molar-refractivity contribution in [1.29, 1.82) is 0 Å². The molecule has 1 nitrogen and oxygen atoms in total. The normalized spacial score (nSPS) is 9.89. The van der Waals surface area contributed by atoms with Gasteiger partial charge in [-0.2, -0.15) is 0 Å². The molecule has 0 N–H and O–H groups in total. The van der Waals surface area contributed by atoms with E-state index in [0.29, 0.717) is 10.8 Å². The molecule has 18 heavy (non-hydrogen) atoms. The van der Waals surface area contributed by atoms with Crippen molar-refractivity contribution in [1.82, 2.24) is 0 Å². The van der Waals surface area contributed by atoms with Gasteiger partial charge < -0.3 is 4.74 Å². The number of hydrogen-bond donors (Lipinski definition) is 0. The Morgan fingerprint density at radius 3 is 2.44 bits per heavy atom. The van der Waals surface area contributed by atoms with Gasteiger partial charge in [0.15, 0.2) is 0 Å². The number of ether oxygens (including phenoxy) is 1. The number of aryl methyl sites for hydroxylation is 2. The smallest absolute Gasteiger partial charge is 0.146 e. The van der Waals surface area contributed by atoms with Gasteiger partial charge in [0.25, 0.3) is 0 Å². The second-order valence-corrected chi connectivity index (χ2v) is 4.54. The molecule has 0 amide bonds. The van der Waals surface area contributed by atoms with Gasteiger partial charge in [-0.05, 0) is 55.3 Å². The highest BCUT2D eigenvalue weighted by Crippen LogP contribution is 2.30. The van der Waals surface area contributed by atoms with Crippen molar-refractivity contribution in [2.75, 3.05) is 0 Å². The molecule has 0 aliphatic heterocycles. The van der Waals surface area contributed by atoms with Gasteiger partial charge in [0.2, 0.25) is 0 Å². The maximum absolute atomic E-state index is 6.11. The fourth-order valence-electron chi connectivity index (χ4n) is 1.58. The van der Waals surface area contributed by atoms with Crippen LogP contribution in [0.5, 0.6) is 11.5 Å². The van der Waals surface area contributed by atoms with Crippen LogP contribution in [0, 0.1) is 26.2 Å². The molecule has 2 rings (SSSR count). The van der Waals surface area contributed by atoms with Crippen LogP contribution in [0.15, 0.2) is 36.4 Å². The summed E-state index contributed by atoms with van der Waals surface area (Å²) in [6, 6.07) is 11.2. The monoisotopic (exact) mass is 256 g/mol. The van der Waals surface area contributed by atoms with Gasteiger partial charge in [-0.3, -0.25) is 0 Å². The Morgan fingerprint density at radius 2 is 1.83 bits per heavy atom.